The fourth-order valence-electron chi connectivity index (χ4n) is 1.66. The lowest BCUT2D eigenvalue weighted by Gasteiger charge is -2.06. The number of hydrogen-bond acceptors (Lipinski definition) is 3. The molecule has 84 valence electrons. The molecule has 0 radical (unpaired) electrons. The van der Waals surface area contributed by atoms with E-state index in [1.165, 1.54) is 0 Å². The zero-order valence-corrected chi connectivity index (χ0v) is 10.6. The molecule has 4 nitrogen and oxygen atoms in total. The van der Waals surface area contributed by atoms with E-state index in [1.54, 1.807) is 0 Å². The molecule has 1 aromatic heterocycles. The van der Waals surface area contributed by atoms with E-state index in [-0.39, 0.29) is 0 Å². The number of hydrogen-bond donors (Lipinski definition) is 1. The van der Waals surface area contributed by atoms with E-state index >= 15 is 0 Å². The molecule has 5 heteroatoms. The molecule has 2 aromatic rings. The quantitative estimate of drug-likeness (QED) is 0.938. The molecule has 1 aromatic carbocycles. The van der Waals surface area contributed by atoms with Crippen LogP contribution >= 0.6 is 15.9 Å². The number of benzene rings is 1. The second kappa shape index (κ2) is 4.76. The maximum absolute atomic E-state index is 5.61. The van der Waals surface area contributed by atoms with Gasteiger partial charge in [0.05, 0.1) is 6.54 Å². The maximum Gasteiger partial charge on any atom is 0.164 e. The fourth-order valence-corrected chi connectivity index (χ4v) is 2.06. The highest BCUT2D eigenvalue weighted by atomic mass is 79.9. The van der Waals surface area contributed by atoms with Gasteiger partial charge in [-0.2, -0.15) is 0 Å². The Morgan fingerprint density at radius 3 is 2.81 bits per heavy atom. The third kappa shape index (κ3) is 2.01. The number of rotatable bonds is 3. The summed E-state index contributed by atoms with van der Waals surface area (Å²) >= 11 is 3.45. The van der Waals surface area contributed by atoms with Crippen molar-refractivity contribution in [2.45, 2.75) is 20.0 Å². The Hall–Kier alpha value is -1.20. The van der Waals surface area contributed by atoms with Crippen molar-refractivity contribution >= 4 is 15.9 Å². The number of nitrogens with zero attached hydrogens (tertiary/aromatic N) is 3. The highest BCUT2D eigenvalue weighted by Crippen LogP contribution is 2.21. The Labute approximate surface area is 103 Å². The zero-order chi connectivity index (χ0) is 11.5. The summed E-state index contributed by atoms with van der Waals surface area (Å²) in [6.07, 6.45) is 0. The predicted octanol–water partition coefficient (Wildman–Crippen LogP) is 2.19. The molecule has 0 amide bonds. The summed E-state index contributed by atoms with van der Waals surface area (Å²) in [4.78, 5) is 0. The van der Waals surface area contributed by atoms with Crippen molar-refractivity contribution in [3.05, 3.63) is 34.6 Å². The minimum atomic E-state index is 0.412. The standard InChI is InChI=1S/C11H13BrN4/c1-2-16-10(7-13)14-15-11(16)8-4-3-5-9(12)6-8/h3-6H,2,7,13H2,1H3. The van der Waals surface area contributed by atoms with Crippen LogP contribution in [0.1, 0.15) is 12.7 Å². The average molecular weight is 281 g/mol. The summed E-state index contributed by atoms with van der Waals surface area (Å²) in [5.41, 5.74) is 6.66. The lowest BCUT2D eigenvalue weighted by molar-refractivity contribution is 0.704. The van der Waals surface area contributed by atoms with Gasteiger partial charge in [0.1, 0.15) is 5.82 Å². The first-order valence-corrected chi connectivity index (χ1v) is 5.93. The van der Waals surface area contributed by atoms with Crippen LogP contribution in [0.4, 0.5) is 0 Å². The summed E-state index contributed by atoms with van der Waals surface area (Å²) in [5.74, 6) is 1.68. The van der Waals surface area contributed by atoms with Gasteiger partial charge in [0.15, 0.2) is 5.82 Å². The Morgan fingerprint density at radius 2 is 2.19 bits per heavy atom. The van der Waals surface area contributed by atoms with Crippen molar-refractivity contribution < 1.29 is 0 Å². The van der Waals surface area contributed by atoms with E-state index in [0.29, 0.717) is 6.54 Å². The van der Waals surface area contributed by atoms with Crippen molar-refractivity contribution in [2.75, 3.05) is 0 Å². The van der Waals surface area contributed by atoms with Crippen LogP contribution in [-0.4, -0.2) is 14.8 Å². The Bertz CT molecular complexity index is 492. The molecular weight excluding hydrogens is 268 g/mol. The Balaban J connectivity index is 2.51. The SMILES string of the molecule is CCn1c(CN)nnc1-c1cccc(Br)c1. The van der Waals surface area contributed by atoms with E-state index in [1.807, 2.05) is 28.8 Å². The van der Waals surface area contributed by atoms with Crippen molar-refractivity contribution in [2.24, 2.45) is 5.73 Å². The topological polar surface area (TPSA) is 56.7 Å². The molecule has 0 spiro atoms. The van der Waals surface area contributed by atoms with Crippen LogP contribution in [0.5, 0.6) is 0 Å². The molecule has 0 aliphatic heterocycles. The molecule has 1 heterocycles. The molecular formula is C11H13BrN4. The molecule has 0 bridgehead atoms. The zero-order valence-electron chi connectivity index (χ0n) is 9.02. The number of halogens is 1. The van der Waals surface area contributed by atoms with Gasteiger partial charge in [0, 0.05) is 16.6 Å². The minimum Gasteiger partial charge on any atom is -0.324 e. The van der Waals surface area contributed by atoms with Gasteiger partial charge in [-0.25, -0.2) is 0 Å². The molecule has 0 saturated heterocycles. The largest absolute Gasteiger partial charge is 0.324 e. The van der Waals surface area contributed by atoms with Crippen LogP contribution in [-0.2, 0) is 13.1 Å². The van der Waals surface area contributed by atoms with Gasteiger partial charge in [0.2, 0.25) is 0 Å². The van der Waals surface area contributed by atoms with Gasteiger partial charge < -0.3 is 10.3 Å². The molecule has 0 fully saturated rings. The van der Waals surface area contributed by atoms with Crippen LogP contribution in [0.2, 0.25) is 0 Å². The van der Waals surface area contributed by atoms with Gasteiger partial charge in [-0.3, -0.25) is 0 Å². The number of nitrogens with two attached hydrogens (primary N) is 1. The summed E-state index contributed by atoms with van der Waals surface area (Å²) in [5, 5.41) is 8.27. The molecule has 0 aliphatic rings. The van der Waals surface area contributed by atoms with Crippen LogP contribution in [0, 0.1) is 0 Å². The molecule has 0 atom stereocenters. The first-order chi connectivity index (χ1) is 7.76. The van der Waals surface area contributed by atoms with Crippen LogP contribution in [0.3, 0.4) is 0 Å². The molecule has 2 rings (SSSR count). The Kier molecular flexibility index (Phi) is 3.36. The smallest absolute Gasteiger partial charge is 0.164 e. The average Bonchev–Trinajstić information content (AvgIpc) is 2.71. The van der Waals surface area contributed by atoms with E-state index in [4.69, 9.17) is 5.73 Å². The van der Waals surface area contributed by atoms with Crippen molar-refractivity contribution in [1.29, 1.82) is 0 Å². The van der Waals surface area contributed by atoms with Gasteiger partial charge in [-0.05, 0) is 19.1 Å². The van der Waals surface area contributed by atoms with Gasteiger partial charge in [-0.1, -0.05) is 28.1 Å². The van der Waals surface area contributed by atoms with E-state index in [2.05, 4.69) is 33.1 Å². The van der Waals surface area contributed by atoms with E-state index in [0.717, 1.165) is 28.2 Å². The third-order valence-corrected chi connectivity index (χ3v) is 2.90. The first kappa shape index (κ1) is 11.3. The maximum atomic E-state index is 5.61. The van der Waals surface area contributed by atoms with Crippen molar-refractivity contribution in [3.8, 4) is 11.4 Å². The predicted molar refractivity (Wildman–Crippen MR) is 66.7 cm³/mol. The van der Waals surface area contributed by atoms with Crippen LogP contribution < -0.4 is 5.73 Å². The van der Waals surface area contributed by atoms with Crippen LogP contribution in [0.15, 0.2) is 28.7 Å². The summed E-state index contributed by atoms with van der Waals surface area (Å²) in [6, 6.07) is 8.01. The second-order valence-corrected chi connectivity index (χ2v) is 4.31. The first-order valence-electron chi connectivity index (χ1n) is 5.14. The molecule has 16 heavy (non-hydrogen) atoms. The van der Waals surface area contributed by atoms with Crippen LogP contribution in [0.25, 0.3) is 11.4 Å². The molecule has 0 saturated carbocycles. The third-order valence-electron chi connectivity index (χ3n) is 2.41. The highest BCUT2D eigenvalue weighted by Gasteiger charge is 2.11. The summed E-state index contributed by atoms with van der Waals surface area (Å²) in [6.45, 7) is 3.29. The fraction of sp³-hybridized carbons (Fsp3) is 0.273. The van der Waals surface area contributed by atoms with E-state index in [9.17, 15) is 0 Å². The lowest BCUT2D eigenvalue weighted by Crippen LogP contribution is -2.08. The minimum absolute atomic E-state index is 0.412. The molecule has 0 aliphatic carbocycles. The summed E-state index contributed by atoms with van der Waals surface area (Å²) < 4.78 is 3.06. The molecule has 2 N–H and O–H groups in total. The van der Waals surface area contributed by atoms with Gasteiger partial charge in [-0.15, -0.1) is 10.2 Å². The highest BCUT2D eigenvalue weighted by molar-refractivity contribution is 9.10. The second-order valence-electron chi connectivity index (χ2n) is 3.40. The van der Waals surface area contributed by atoms with Crippen molar-refractivity contribution in [1.82, 2.24) is 14.8 Å². The summed E-state index contributed by atoms with van der Waals surface area (Å²) in [7, 11) is 0. The lowest BCUT2D eigenvalue weighted by atomic mass is 10.2. The van der Waals surface area contributed by atoms with E-state index < -0.39 is 0 Å². The Morgan fingerprint density at radius 1 is 1.38 bits per heavy atom. The normalized spacial score (nSPS) is 10.7. The van der Waals surface area contributed by atoms with Gasteiger partial charge >= 0.3 is 0 Å². The monoisotopic (exact) mass is 280 g/mol. The number of aromatic nitrogens is 3. The van der Waals surface area contributed by atoms with Crippen molar-refractivity contribution in [3.63, 3.8) is 0 Å². The van der Waals surface area contributed by atoms with Gasteiger partial charge in [0.25, 0.3) is 0 Å². The molecule has 0 unspecified atom stereocenters.